The monoisotopic (exact) mass is 288 g/mol. The molecule has 0 fully saturated rings. The van der Waals surface area contributed by atoms with E-state index >= 15 is 0 Å². The molecule has 0 amide bonds. The average molecular weight is 288 g/mol. The molecule has 1 heterocycles. The molecule has 0 aliphatic heterocycles. The summed E-state index contributed by atoms with van der Waals surface area (Å²) in [5.41, 5.74) is 2.65. The van der Waals surface area contributed by atoms with E-state index in [1.54, 1.807) is 20.4 Å². The molecule has 0 bridgehead atoms. The van der Waals surface area contributed by atoms with Gasteiger partial charge in [-0.2, -0.15) is 5.10 Å². The fraction of sp³-hybridized carbons (Fsp3) is 0.214. The smallest absolute Gasteiger partial charge is 0.332 e. The highest BCUT2D eigenvalue weighted by Gasteiger charge is 2.04. The van der Waals surface area contributed by atoms with E-state index in [0.717, 1.165) is 10.1 Å². The Morgan fingerprint density at radius 1 is 1.19 bits per heavy atom. The van der Waals surface area contributed by atoms with Gasteiger partial charge < -0.3 is 4.74 Å². The third kappa shape index (κ3) is 3.02. The molecule has 7 heteroatoms. The van der Waals surface area contributed by atoms with Crippen LogP contribution >= 0.6 is 0 Å². The second kappa shape index (κ2) is 6.08. The number of rotatable bonds is 4. The third-order valence-corrected chi connectivity index (χ3v) is 3.05. The van der Waals surface area contributed by atoms with Crippen molar-refractivity contribution in [3.63, 3.8) is 0 Å². The van der Waals surface area contributed by atoms with E-state index in [2.05, 4.69) is 10.5 Å². The molecule has 7 nitrogen and oxygen atoms in total. The summed E-state index contributed by atoms with van der Waals surface area (Å²) in [6.45, 7) is 0. The van der Waals surface area contributed by atoms with Crippen molar-refractivity contribution in [1.82, 2.24) is 9.13 Å². The summed E-state index contributed by atoms with van der Waals surface area (Å²) in [5, 5.41) is 4.03. The van der Waals surface area contributed by atoms with Crippen LogP contribution in [-0.2, 0) is 14.1 Å². The fourth-order valence-corrected chi connectivity index (χ4v) is 1.78. The summed E-state index contributed by atoms with van der Waals surface area (Å²) in [6, 6.07) is 8.68. The van der Waals surface area contributed by atoms with Crippen molar-refractivity contribution in [2.75, 3.05) is 12.5 Å². The molecule has 0 atom stereocenters. The van der Waals surface area contributed by atoms with Crippen LogP contribution in [0.4, 0.5) is 5.82 Å². The van der Waals surface area contributed by atoms with Crippen molar-refractivity contribution in [1.29, 1.82) is 0 Å². The highest BCUT2D eigenvalue weighted by molar-refractivity contribution is 5.83. The number of hydrogen-bond donors (Lipinski definition) is 1. The number of methoxy groups -OCH3 is 1. The number of anilines is 1. The minimum atomic E-state index is -0.419. The van der Waals surface area contributed by atoms with Crippen LogP contribution in [-0.4, -0.2) is 22.5 Å². The van der Waals surface area contributed by atoms with E-state index in [1.807, 2.05) is 24.3 Å². The van der Waals surface area contributed by atoms with Crippen molar-refractivity contribution in [2.24, 2.45) is 19.2 Å². The van der Waals surface area contributed by atoms with Crippen LogP contribution in [0.5, 0.6) is 5.75 Å². The number of hydrazone groups is 1. The Bertz CT molecular complexity index is 790. The lowest BCUT2D eigenvalue weighted by atomic mass is 10.2. The van der Waals surface area contributed by atoms with Gasteiger partial charge in [-0.3, -0.25) is 19.4 Å². The minimum Gasteiger partial charge on any atom is -0.496 e. The lowest BCUT2D eigenvalue weighted by molar-refractivity contribution is 0.414. The van der Waals surface area contributed by atoms with Gasteiger partial charge in [0.05, 0.1) is 13.3 Å². The van der Waals surface area contributed by atoms with Gasteiger partial charge in [0.2, 0.25) is 0 Å². The lowest BCUT2D eigenvalue weighted by Gasteiger charge is -2.08. The first kappa shape index (κ1) is 14.6. The number of para-hydroxylation sites is 1. The maximum Gasteiger partial charge on any atom is 0.332 e. The summed E-state index contributed by atoms with van der Waals surface area (Å²) in [4.78, 5) is 23.3. The van der Waals surface area contributed by atoms with E-state index in [1.165, 1.54) is 17.7 Å². The molecule has 0 aliphatic carbocycles. The number of nitrogens with one attached hydrogen (secondary N) is 1. The second-order valence-electron chi connectivity index (χ2n) is 4.38. The van der Waals surface area contributed by atoms with Gasteiger partial charge in [-0.15, -0.1) is 0 Å². The van der Waals surface area contributed by atoms with Crippen molar-refractivity contribution in [2.45, 2.75) is 0 Å². The Morgan fingerprint density at radius 3 is 2.62 bits per heavy atom. The van der Waals surface area contributed by atoms with Gasteiger partial charge in [0.25, 0.3) is 5.56 Å². The maximum absolute atomic E-state index is 11.8. The van der Waals surface area contributed by atoms with Gasteiger partial charge in [0, 0.05) is 25.7 Å². The molecule has 0 saturated carbocycles. The number of nitrogens with zero attached hydrogens (tertiary/aromatic N) is 3. The SMILES string of the molecule is COc1ccccc1/C=N\Nc1cc(=O)n(C)c(=O)n1C. The molecule has 1 N–H and O–H groups in total. The Labute approximate surface area is 121 Å². The zero-order valence-corrected chi connectivity index (χ0v) is 12.0. The summed E-state index contributed by atoms with van der Waals surface area (Å²) in [7, 11) is 4.56. The predicted octanol–water partition coefficient (Wildman–Crippen LogP) is 0.539. The van der Waals surface area contributed by atoms with E-state index < -0.39 is 11.2 Å². The predicted molar refractivity (Wildman–Crippen MR) is 81.1 cm³/mol. The van der Waals surface area contributed by atoms with Gasteiger partial charge in [-0.1, -0.05) is 12.1 Å². The summed E-state index contributed by atoms with van der Waals surface area (Å²) >= 11 is 0. The maximum atomic E-state index is 11.8. The van der Waals surface area contributed by atoms with Crippen LogP contribution in [0.3, 0.4) is 0 Å². The van der Waals surface area contributed by atoms with Crippen LogP contribution in [0.25, 0.3) is 0 Å². The van der Waals surface area contributed by atoms with Gasteiger partial charge in [0.15, 0.2) is 0 Å². The minimum absolute atomic E-state index is 0.314. The molecular weight excluding hydrogens is 272 g/mol. The number of benzene rings is 1. The largest absolute Gasteiger partial charge is 0.496 e. The summed E-state index contributed by atoms with van der Waals surface area (Å²) in [5.74, 6) is 0.996. The Hall–Kier alpha value is -2.83. The van der Waals surface area contributed by atoms with Crippen LogP contribution in [0.2, 0.25) is 0 Å². The molecule has 0 saturated heterocycles. The molecular formula is C14H16N4O3. The Balaban J connectivity index is 2.26. The molecule has 1 aromatic heterocycles. The molecule has 0 aliphatic rings. The number of ether oxygens (including phenoxy) is 1. The molecule has 0 unspecified atom stereocenters. The van der Waals surface area contributed by atoms with Crippen molar-refractivity contribution in [3.8, 4) is 5.75 Å². The Kier molecular flexibility index (Phi) is 4.22. The van der Waals surface area contributed by atoms with Crippen LogP contribution in [0.1, 0.15) is 5.56 Å². The highest BCUT2D eigenvalue weighted by atomic mass is 16.5. The van der Waals surface area contributed by atoms with Crippen molar-refractivity contribution in [3.05, 3.63) is 56.7 Å². The molecule has 1 aromatic carbocycles. The van der Waals surface area contributed by atoms with Crippen LogP contribution in [0.15, 0.2) is 45.0 Å². The molecule has 2 aromatic rings. The first-order valence-corrected chi connectivity index (χ1v) is 6.23. The van der Waals surface area contributed by atoms with Crippen molar-refractivity contribution < 1.29 is 4.74 Å². The van der Waals surface area contributed by atoms with Crippen LogP contribution < -0.4 is 21.4 Å². The summed E-state index contributed by atoms with van der Waals surface area (Å²) in [6.07, 6.45) is 1.56. The summed E-state index contributed by atoms with van der Waals surface area (Å²) < 4.78 is 7.53. The number of aromatic nitrogens is 2. The fourth-order valence-electron chi connectivity index (χ4n) is 1.78. The van der Waals surface area contributed by atoms with Gasteiger partial charge in [0.1, 0.15) is 11.6 Å². The zero-order chi connectivity index (χ0) is 15.4. The van der Waals surface area contributed by atoms with Crippen molar-refractivity contribution >= 4 is 12.0 Å². The highest BCUT2D eigenvalue weighted by Crippen LogP contribution is 2.14. The average Bonchev–Trinajstić information content (AvgIpc) is 2.50. The van der Waals surface area contributed by atoms with E-state index in [-0.39, 0.29) is 0 Å². The molecule has 2 rings (SSSR count). The number of hydrogen-bond acceptors (Lipinski definition) is 5. The first-order chi connectivity index (χ1) is 10.0. The van der Waals surface area contributed by atoms with E-state index in [9.17, 15) is 9.59 Å². The van der Waals surface area contributed by atoms with Gasteiger partial charge >= 0.3 is 5.69 Å². The lowest BCUT2D eigenvalue weighted by Crippen LogP contribution is -2.37. The molecule has 0 spiro atoms. The quantitative estimate of drug-likeness (QED) is 0.658. The normalized spacial score (nSPS) is 10.8. The van der Waals surface area contributed by atoms with Crippen LogP contribution in [0, 0.1) is 0 Å². The van der Waals surface area contributed by atoms with Gasteiger partial charge in [-0.05, 0) is 12.1 Å². The second-order valence-corrected chi connectivity index (χ2v) is 4.38. The third-order valence-electron chi connectivity index (χ3n) is 3.05. The topological polar surface area (TPSA) is 77.6 Å². The Morgan fingerprint density at radius 2 is 1.90 bits per heavy atom. The zero-order valence-electron chi connectivity index (χ0n) is 12.0. The van der Waals surface area contributed by atoms with E-state index in [0.29, 0.717) is 11.6 Å². The molecule has 0 radical (unpaired) electrons. The van der Waals surface area contributed by atoms with Gasteiger partial charge in [-0.25, -0.2) is 4.79 Å². The first-order valence-electron chi connectivity index (χ1n) is 6.23. The molecule has 21 heavy (non-hydrogen) atoms. The standard InChI is InChI=1S/C14H16N4O3/c1-17-12(8-13(19)18(2)14(17)20)16-15-9-10-6-4-5-7-11(10)21-3/h4-9,16H,1-3H3/b15-9-. The van der Waals surface area contributed by atoms with E-state index in [4.69, 9.17) is 4.74 Å². The molecule has 110 valence electrons.